The molecular formula is C15H17FN2O2S. The van der Waals surface area contributed by atoms with Gasteiger partial charge in [0.05, 0.1) is 0 Å². The normalized spacial score (nSPS) is 11.5. The third kappa shape index (κ3) is 3.80. The Hall–Kier alpha value is -1.92. The van der Waals surface area contributed by atoms with Gasteiger partial charge in [-0.15, -0.1) is 0 Å². The molecule has 0 saturated heterocycles. The van der Waals surface area contributed by atoms with Crippen molar-refractivity contribution in [3.8, 4) is 0 Å². The summed E-state index contributed by atoms with van der Waals surface area (Å²) in [6.45, 7) is 2.17. The predicted octanol–water partition coefficient (Wildman–Crippen LogP) is 2.24. The molecule has 2 rings (SSSR count). The molecule has 3 N–H and O–H groups in total. The molecule has 21 heavy (non-hydrogen) atoms. The Morgan fingerprint density at radius 2 is 1.90 bits per heavy atom. The molecule has 2 aromatic rings. The summed E-state index contributed by atoms with van der Waals surface area (Å²) in [5, 5.41) is 0. The molecule has 2 aromatic carbocycles. The Bertz CT molecular complexity index is 745. The molecule has 0 fully saturated rings. The smallest absolute Gasteiger partial charge is 0.243 e. The van der Waals surface area contributed by atoms with E-state index in [-0.39, 0.29) is 17.1 Å². The van der Waals surface area contributed by atoms with Crippen molar-refractivity contribution in [1.82, 2.24) is 4.72 Å². The number of sulfonamides is 1. The van der Waals surface area contributed by atoms with Gasteiger partial charge in [0.25, 0.3) is 0 Å². The summed E-state index contributed by atoms with van der Waals surface area (Å²) in [6, 6.07) is 11.2. The van der Waals surface area contributed by atoms with E-state index in [0.717, 1.165) is 17.2 Å². The molecule has 0 heterocycles. The molecular weight excluding hydrogens is 291 g/mol. The van der Waals surface area contributed by atoms with Crippen molar-refractivity contribution in [2.75, 3.05) is 12.3 Å². The van der Waals surface area contributed by atoms with Crippen LogP contribution in [-0.2, 0) is 16.4 Å². The van der Waals surface area contributed by atoms with Crippen LogP contribution in [0.3, 0.4) is 0 Å². The van der Waals surface area contributed by atoms with E-state index in [1.807, 2.05) is 31.2 Å². The maximum atomic E-state index is 13.7. The van der Waals surface area contributed by atoms with Gasteiger partial charge in [0, 0.05) is 12.2 Å². The Kier molecular flexibility index (Phi) is 4.59. The number of nitrogens with one attached hydrogen (secondary N) is 1. The van der Waals surface area contributed by atoms with Crippen molar-refractivity contribution < 1.29 is 12.8 Å². The number of aryl methyl sites for hydroxylation is 1. The van der Waals surface area contributed by atoms with Gasteiger partial charge < -0.3 is 5.73 Å². The summed E-state index contributed by atoms with van der Waals surface area (Å²) in [5.74, 6) is -0.849. The summed E-state index contributed by atoms with van der Waals surface area (Å²) in [7, 11) is -3.87. The first kappa shape index (κ1) is 15.5. The lowest BCUT2D eigenvalue weighted by atomic mass is 10.1. The van der Waals surface area contributed by atoms with E-state index in [2.05, 4.69) is 4.72 Å². The van der Waals surface area contributed by atoms with Crippen molar-refractivity contribution in [3.05, 3.63) is 59.4 Å². The van der Waals surface area contributed by atoms with Gasteiger partial charge in [0.15, 0.2) is 0 Å². The van der Waals surface area contributed by atoms with Crippen LogP contribution >= 0.6 is 0 Å². The molecule has 4 nitrogen and oxygen atoms in total. The third-order valence-electron chi connectivity index (χ3n) is 3.19. The molecule has 0 aromatic heterocycles. The molecule has 0 aliphatic heterocycles. The van der Waals surface area contributed by atoms with Gasteiger partial charge in [0.1, 0.15) is 10.7 Å². The fraction of sp³-hybridized carbons (Fsp3) is 0.200. The van der Waals surface area contributed by atoms with E-state index in [1.165, 1.54) is 12.1 Å². The Balaban J connectivity index is 2.07. The van der Waals surface area contributed by atoms with E-state index in [9.17, 15) is 12.8 Å². The molecule has 6 heteroatoms. The summed E-state index contributed by atoms with van der Waals surface area (Å²) >= 11 is 0. The van der Waals surface area contributed by atoms with Crippen LogP contribution in [0.15, 0.2) is 47.4 Å². The zero-order valence-corrected chi connectivity index (χ0v) is 12.5. The topological polar surface area (TPSA) is 72.2 Å². The second-order valence-electron chi connectivity index (χ2n) is 4.76. The maximum Gasteiger partial charge on any atom is 0.243 e. The summed E-state index contributed by atoms with van der Waals surface area (Å²) in [5.41, 5.74) is 7.74. The fourth-order valence-corrected chi connectivity index (χ4v) is 3.11. The average molecular weight is 308 g/mol. The average Bonchev–Trinajstić information content (AvgIpc) is 2.40. The first-order chi connectivity index (χ1) is 9.90. The monoisotopic (exact) mass is 308 g/mol. The van der Waals surface area contributed by atoms with Crippen molar-refractivity contribution in [3.63, 3.8) is 0 Å². The zero-order valence-electron chi connectivity index (χ0n) is 11.6. The van der Waals surface area contributed by atoms with Crippen molar-refractivity contribution >= 4 is 15.7 Å². The van der Waals surface area contributed by atoms with E-state index < -0.39 is 15.8 Å². The van der Waals surface area contributed by atoms with Crippen molar-refractivity contribution in [2.24, 2.45) is 0 Å². The Morgan fingerprint density at radius 1 is 1.19 bits per heavy atom. The maximum absolute atomic E-state index is 13.7. The summed E-state index contributed by atoms with van der Waals surface area (Å²) < 4.78 is 40.2. The quantitative estimate of drug-likeness (QED) is 0.832. The van der Waals surface area contributed by atoms with Crippen LogP contribution in [-0.4, -0.2) is 15.0 Å². The highest BCUT2D eigenvalue weighted by Crippen LogP contribution is 2.17. The Labute approximate surface area is 123 Å². The lowest BCUT2D eigenvalue weighted by Crippen LogP contribution is -2.27. The Morgan fingerprint density at radius 3 is 2.57 bits per heavy atom. The number of halogens is 1. The largest absolute Gasteiger partial charge is 0.399 e. The van der Waals surface area contributed by atoms with Gasteiger partial charge in [0.2, 0.25) is 10.0 Å². The molecule has 0 aliphatic carbocycles. The molecule has 0 radical (unpaired) electrons. The number of hydrogen-bond donors (Lipinski definition) is 2. The fourth-order valence-electron chi connectivity index (χ4n) is 2.02. The van der Waals surface area contributed by atoms with Crippen LogP contribution in [0.5, 0.6) is 0 Å². The van der Waals surface area contributed by atoms with Gasteiger partial charge in [-0.25, -0.2) is 17.5 Å². The molecule has 0 amide bonds. The highest BCUT2D eigenvalue weighted by atomic mass is 32.2. The highest BCUT2D eigenvalue weighted by molar-refractivity contribution is 7.89. The first-order valence-corrected chi connectivity index (χ1v) is 7.97. The van der Waals surface area contributed by atoms with Crippen LogP contribution in [0.2, 0.25) is 0 Å². The van der Waals surface area contributed by atoms with Crippen LogP contribution in [0.4, 0.5) is 10.1 Å². The van der Waals surface area contributed by atoms with Gasteiger partial charge >= 0.3 is 0 Å². The minimum Gasteiger partial charge on any atom is -0.399 e. The number of rotatable bonds is 5. The van der Waals surface area contributed by atoms with E-state index in [4.69, 9.17) is 5.73 Å². The van der Waals surface area contributed by atoms with Crippen LogP contribution in [0, 0.1) is 12.7 Å². The number of benzene rings is 2. The van der Waals surface area contributed by atoms with Crippen molar-refractivity contribution in [2.45, 2.75) is 18.2 Å². The summed E-state index contributed by atoms with van der Waals surface area (Å²) in [6.07, 6.45) is 0.544. The lowest BCUT2D eigenvalue weighted by Gasteiger charge is -2.09. The highest BCUT2D eigenvalue weighted by Gasteiger charge is 2.18. The molecule has 0 atom stereocenters. The lowest BCUT2D eigenvalue weighted by molar-refractivity contribution is 0.557. The van der Waals surface area contributed by atoms with Crippen LogP contribution in [0.1, 0.15) is 11.1 Å². The second kappa shape index (κ2) is 6.24. The van der Waals surface area contributed by atoms with Crippen LogP contribution < -0.4 is 10.5 Å². The minimum absolute atomic E-state index is 0.186. The van der Waals surface area contributed by atoms with Crippen LogP contribution in [0.25, 0.3) is 0 Å². The number of nitrogen functional groups attached to an aromatic ring is 1. The third-order valence-corrected chi connectivity index (χ3v) is 4.69. The standard InChI is InChI=1S/C15H17FN2O2S/c1-11-4-2-3-5-12(11)8-9-18-21(19,20)15-7-6-13(17)10-14(15)16/h2-7,10,18H,8-9,17H2,1H3. The van der Waals surface area contributed by atoms with E-state index >= 15 is 0 Å². The molecule has 0 spiro atoms. The van der Waals surface area contributed by atoms with Gasteiger partial charge in [-0.2, -0.15) is 0 Å². The van der Waals surface area contributed by atoms with Crippen molar-refractivity contribution in [1.29, 1.82) is 0 Å². The SMILES string of the molecule is Cc1ccccc1CCNS(=O)(=O)c1ccc(N)cc1F. The zero-order chi connectivity index (χ0) is 15.5. The number of hydrogen-bond acceptors (Lipinski definition) is 3. The van der Waals surface area contributed by atoms with E-state index in [1.54, 1.807) is 0 Å². The molecule has 112 valence electrons. The minimum atomic E-state index is -3.87. The molecule has 0 saturated carbocycles. The molecule has 0 aliphatic rings. The summed E-state index contributed by atoms with van der Waals surface area (Å²) in [4.78, 5) is -0.388. The molecule has 0 unspecified atom stereocenters. The number of anilines is 1. The van der Waals surface area contributed by atoms with Gasteiger partial charge in [-0.3, -0.25) is 0 Å². The second-order valence-corrected chi connectivity index (χ2v) is 6.50. The number of nitrogens with two attached hydrogens (primary N) is 1. The predicted molar refractivity (Wildman–Crippen MR) is 80.9 cm³/mol. The molecule has 0 bridgehead atoms. The first-order valence-electron chi connectivity index (χ1n) is 6.49. The van der Waals surface area contributed by atoms with Gasteiger partial charge in [-0.05, 0) is 42.7 Å². The van der Waals surface area contributed by atoms with Gasteiger partial charge in [-0.1, -0.05) is 24.3 Å². The van der Waals surface area contributed by atoms with E-state index in [0.29, 0.717) is 6.42 Å².